The Balaban J connectivity index is 1.83. The second kappa shape index (κ2) is 4.04. The van der Waals surface area contributed by atoms with E-state index >= 15 is 0 Å². The number of carbonyl (C=O) groups excluding carboxylic acids is 2. The van der Waals surface area contributed by atoms with Gasteiger partial charge in [-0.15, -0.1) is 0 Å². The molecule has 3 rings (SSSR count). The van der Waals surface area contributed by atoms with E-state index in [2.05, 4.69) is 9.97 Å². The molecule has 94 valence electrons. The number of amides is 2. The molecule has 2 atom stereocenters. The Bertz CT molecular complexity index is 490. The fraction of sp³-hybridized carbons (Fsp3) is 0.500. The van der Waals surface area contributed by atoms with E-state index in [1.807, 2.05) is 7.05 Å². The van der Waals surface area contributed by atoms with Crippen LogP contribution in [0.25, 0.3) is 0 Å². The summed E-state index contributed by atoms with van der Waals surface area (Å²) < 4.78 is 0. The summed E-state index contributed by atoms with van der Waals surface area (Å²) in [4.78, 5) is 35.4. The molecule has 2 aliphatic rings. The average Bonchev–Trinajstić information content (AvgIpc) is 2.92. The van der Waals surface area contributed by atoms with E-state index in [0.717, 1.165) is 6.42 Å². The molecule has 2 saturated heterocycles. The summed E-state index contributed by atoms with van der Waals surface area (Å²) in [7, 11) is 1.81. The molecule has 6 nitrogen and oxygen atoms in total. The van der Waals surface area contributed by atoms with Gasteiger partial charge in [-0.05, 0) is 6.42 Å². The Kier molecular flexibility index (Phi) is 2.50. The Hall–Kier alpha value is -1.98. The second-order valence-corrected chi connectivity index (χ2v) is 4.72. The summed E-state index contributed by atoms with van der Waals surface area (Å²) in [6.45, 7) is 0.683. The molecule has 1 aromatic rings. The molecule has 0 bridgehead atoms. The van der Waals surface area contributed by atoms with Crippen LogP contribution >= 0.6 is 0 Å². The van der Waals surface area contributed by atoms with E-state index < -0.39 is 0 Å². The molecule has 2 unspecified atom stereocenters. The minimum atomic E-state index is -0.126. The molecule has 2 fully saturated rings. The highest BCUT2D eigenvalue weighted by Gasteiger charge is 2.47. The summed E-state index contributed by atoms with van der Waals surface area (Å²) in [5, 5.41) is 0. The van der Waals surface area contributed by atoms with E-state index in [-0.39, 0.29) is 23.9 Å². The van der Waals surface area contributed by atoms with Crippen molar-refractivity contribution in [2.45, 2.75) is 24.9 Å². The molecule has 6 heteroatoms. The number of likely N-dealkylation sites (tertiary alicyclic amines) is 2. The molecular formula is C12H14N4O2. The number of aromatic nitrogens is 2. The molecule has 18 heavy (non-hydrogen) atoms. The predicted molar refractivity (Wildman–Crippen MR) is 62.6 cm³/mol. The molecule has 0 N–H and O–H groups in total. The third-order valence-electron chi connectivity index (χ3n) is 3.83. The third-order valence-corrected chi connectivity index (χ3v) is 3.83. The molecule has 0 saturated carbocycles. The minimum absolute atomic E-state index is 0.00277. The highest BCUT2D eigenvalue weighted by atomic mass is 16.2. The maximum Gasteiger partial charge on any atom is 0.274 e. The normalized spacial score (nSPS) is 26.6. The molecular weight excluding hydrogens is 232 g/mol. The fourth-order valence-electron chi connectivity index (χ4n) is 2.85. The first-order chi connectivity index (χ1) is 8.68. The summed E-state index contributed by atoms with van der Waals surface area (Å²) in [6.07, 6.45) is 5.78. The lowest BCUT2D eigenvalue weighted by Gasteiger charge is -2.23. The van der Waals surface area contributed by atoms with Gasteiger partial charge in [-0.2, -0.15) is 0 Å². The van der Waals surface area contributed by atoms with Gasteiger partial charge in [-0.1, -0.05) is 0 Å². The van der Waals surface area contributed by atoms with Crippen molar-refractivity contribution < 1.29 is 9.59 Å². The quantitative estimate of drug-likeness (QED) is 0.695. The van der Waals surface area contributed by atoms with Crippen LogP contribution in [0, 0.1) is 0 Å². The standard InChI is InChI=1S/C12H14N4O2/c1-15-9-2-5-16(10(9)6-11(15)17)12(18)8-7-13-3-4-14-8/h3-4,7,9-10H,2,5-6H2,1H3. The first-order valence-electron chi connectivity index (χ1n) is 6.01. The van der Waals surface area contributed by atoms with Gasteiger partial charge in [0, 0.05) is 32.4 Å². The lowest BCUT2D eigenvalue weighted by atomic mass is 10.1. The predicted octanol–water partition coefficient (Wildman–Crippen LogP) is -0.0782. The van der Waals surface area contributed by atoms with Gasteiger partial charge >= 0.3 is 0 Å². The summed E-state index contributed by atoms with van der Waals surface area (Å²) in [5.74, 6) is -0.0136. The molecule has 0 spiro atoms. The monoisotopic (exact) mass is 246 g/mol. The fourth-order valence-corrected chi connectivity index (χ4v) is 2.85. The van der Waals surface area contributed by atoms with Gasteiger partial charge in [0.25, 0.3) is 5.91 Å². The van der Waals surface area contributed by atoms with Crippen molar-refractivity contribution in [3.8, 4) is 0 Å². The Morgan fingerprint density at radius 1 is 1.39 bits per heavy atom. The smallest absolute Gasteiger partial charge is 0.274 e. The molecule has 2 amide bonds. The van der Waals surface area contributed by atoms with Gasteiger partial charge in [0.15, 0.2) is 0 Å². The second-order valence-electron chi connectivity index (χ2n) is 4.72. The number of carbonyl (C=O) groups is 2. The van der Waals surface area contributed by atoms with E-state index in [4.69, 9.17) is 0 Å². The van der Waals surface area contributed by atoms with Crippen molar-refractivity contribution in [2.75, 3.05) is 13.6 Å². The van der Waals surface area contributed by atoms with Gasteiger partial charge in [-0.3, -0.25) is 14.6 Å². The lowest BCUT2D eigenvalue weighted by molar-refractivity contribution is -0.127. The SMILES string of the molecule is CN1C(=O)CC2C1CCN2C(=O)c1cnccn1. The van der Waals surface area contributed by atoms with Crippen LogP contribution in [0.4, 0.5) is 0 Å². The van der Waals surface area contributed by atoms with Crippen LogP contribution < -0.4 is 0 Å². The van der Waals surface area contributed by atoms with Crippen molar-refractivity contribution in [1.82, 2.24) is 19.8 Å². The number of likely N-dealkylation sites (N-methyl/N-ethyl adjacent to an activating group) is 1. The number of hydrogen-bond donors (Lipinski definition) is 0. The number of fused-ring (bicyclic) bond motifs is 1. The molecule has 3 heterocycles. The zero-order valence-electron chi connectivity index (χ0n) is 10.1. The van der Waals surface area contributed by atoms with Crippen molar-refractivity contribution in [1.29, 1.82) is 0 Å². The maximum absolute atomic E-state index is 12.3. The Morgan fingerprint density at radius 3 is 2.94 bits per heavy atom. The largest absolute Gasteiger partial charge is 0.341 e. The molecule has 2 aliphatic heterocycles. The van der Waals surface area contributed by atoms with Gasteiger partial charge in [0.05, 0.1) is 18.3 Å². The van der Waals surface area contributed by atoms with Crippen LogP contribution in [0.5, 0.6) is 0 Å². The highest BCUT2D eigenvalue weighted by Crippen LogP contribution is 2.31. The minimum Gasteiger partial charge on any atom is -0.341 e. The van der Waals surface area contributed by atoms with Crippen molar-refractivity contribution in [3.63, 3.8) is 0 Å². The Labute approximate surface area is 105 Å². The van der Waals surface area contributed by atoms with Gasteiger partial charge in [-0.25, -0.2) is 4.98 Å². The van der Waals surface area contributed by atoms with Crippen LogP contribution in [0.15, 0.2) is 18.6 Å². The van der Waals surface area contributed by atoms with Gasteiger partial charge in [0.1, 0.15) is 5.69 Å². The molecule has 0 radical (unpaired) electrons. The van der Waals surface area contributed by atoms with Gasteiger partial charge in [0.2, 0.25) is 5.91 Å². The van der Waals surface area contributed by atoms with Crippen molar-refractivity contribution >= 4 is 11.8 Å². The van der Waals surface area contributed by atoms with E-state index in [1.165, 1.54) is 18.6 Å². The molecule has 0 aromatic carbocycles. The van der Waals surface area contributed by atoms with Crippen LogP contribution in [0.2, 0.25) is 0 Å². The zero-order valence-corrected chi connectivity index (χ0v) is 10.1. The number of nitrogens with zero attached hydrogens (tertiary/aromatic N) is 4. The van der Waals surface area contributed by atoms with Crippen LogP contribution in [-0.4, -0.2) is 57.3 Å². The topological polar surface area (TPSA) is 66.4 Å². The molecule has 0 aliphatic carbocycles. The summed E-state index contributed by atoms with van der Waals surface area (Å²) >= 11 is 0. The van der Waals surface area contributed by atoms with Crippen LogP contribution in [0.1, 0.15) is 23.3 Å². The van der Waals surface area contributed by atoms with E-state index in [1.54, 1.807) is 9.80 Å². The molecule has 1 aromatic heterocycles. The van der Waals surface area contributed by atoms with Crippen molar-refractivity contribution in [2.24, 2.45) is 0 Å². The van der Waals surface area contributed by atoms with Gasteiger partial charge < -0.3 is 9.80 Å². The van der Waals surface area contributed by atoms with E-state index in [0.29, 0.717) is 18.7 Å². The first-order valence-corrected chi connectivity index (χ1v) is 6.01. The Morgan fingerprint density at radius 2 is 2.22 bits per heavy atom. The summed E-state index contributed by atoms with van der Waals surface area (Å²) in [6, 6.07) is 0.162. The van der Waals surface area contributed by atoms with Crippen LogP contribution in [0.3, 0.4) is 0 Å². The zero-order chi connectivity index (χ0) is 12.7. The summed E-state index contributed by atoms with van der Waals surface area (Å²) in [5.41, 5.74) is 0.347. The highest BCUT2D eigenvalue weighted by molar-refractivity contribution is 5.93. The van der Waals surface area contributed by atoms with E-state index in [9.17, 15) is 9.59 Å². The number of rotatable bonds is 1. The first kappa shape index (κ1) is 11.1. The maximum atomic E-state index is 12.3. The third kappa shape index (κ3) is 1.56. The average molecular weight is 246 g/mol. The number of hydrogen-bond acceptors (Lipinski definition) is 4. The van der Waals surface area contributed by atoms with Crippen molar-refractivity contribution in [3.05, 3.63) is 24.3 Å². The lowest BCUT2D eigenvalue weighted by Crippen LogP contribution is -2.39. The van der Waals surface area contributed by atoms with Crippen LogP contribution in [-0.2, 0) is 4.79 Å².